The highest BCUT2D eigenvalue weighted by Crippen LogP contribution is 2.26. The van der Waals surface area contributed by atoms with Gasteiger partial charge in [-0.2, -0.15) is 0 Å². The molecule has 4 heteroatoms. The third kappa shape index (κ3) is 3.45. The highest BCUT2D eigenvalue weighted by Gasteiger charge is 2.33. The second-order valence-corrected chi connectivity index (χ2v) is 5.77. The zero-order valence-electron chi connectivity index (χ0n) is 11.4. The molecule has 0 bridgehead atoms. The third-order valence-electron chi connectivity index (χ3n) is 4.17. The molecular weight excluding hydrogens is 228 g/mol. The van der Waals surface area contributed by atoms with Gasteiger partial charge >= 0.3 is 0 Å². The number of aliphatic hydroxyl groups is 1. The molecule has 1 heterocycles. The Kier molecular flexibility index (Phi) is 5.01. The molecule has 3 unspecified atom stereocenters. The van der Waals surface area contributed by atoms with Gasteiger partial charge in [0, 0.05) is 13.1 Å². The van der Waals surface area contributed by atoms with Crippen LogP contribution in [-0.2, 0) is 4.79 Å². The van der Waals surface area contributed by atoms with Crippen LogP contribution in [0, 0.1) is 5.92 Å². The number of nitrogens with zero attached hydrogens (tertiary/aromatic N) is 1. The summed E-state index contributed by atoms with van der Waals surface area (Å²) in [4.78, 5) is 14.2. The van der Waals surface area contributed by atoms with Crippen LogP contribution in [0.15, 0.2) is 0 Å². The maximum Gasteiger partial charge on any atom is 0.239 e. The minimum absolute atomic E-state index is 0.0402. The Morgan fingerprint density at radius 1 is 1.39 bits per heavy atom. The molecule has 2 fully saturated rings. The van der Waals surface area contributed by atoms with E-state index in [1.165, 1.54) is 0 Å². The van der Waals surface area contributed by atoms with Crippen LogP contribution >= 0.6 is 0 Å². The van der Waals surface area contributed by atoms with E-state index in [0.29, 0.717) is 5.92 Å². The Morgan fingerprint density at radius 3 is 2.94 bits per heavy atom. The maximum absolute atomic E-state index is 12.2. The summed E-state index contributed by atoms with van der Waals surface area (Å²) >= 11 is 0. The van der Waals surface area contributed by atoms with Gasteiger partial charge in [-0.05, 0) is 44.6 Å². The molecule has 1 saturated carbocycles. The molecule has 3 atom stereocenters. The third-order valence-corrected chi connectivity index (χ3v) is 4.17. The lowest BCUT2D eigenvalue weighted by Crippen LogP contribution is -2.41. The van der Waals surface area contributed by atoms with Crippen LogP contribution in [0.25, 0.3) is 0 Å². The quantitative estimate of drug-likeness (QED) is 0.773. The fourth-order valence-corrected chi connectivity index (χ4v) is 3.17. The molecule has 2 rings (SSSR count). The van der Waals surface area contributed by atoms with E-state index in [1.54, 1.807) is 0 Å². The van der Waals surface area contributed by atoms with Crippen LogP contribution in [0.4, 0.5) is 0 Å². The van der Waals surface area contributed by atoms with Crippen molar-refractivity contribution >= 4 is 5.91 Å². The number of aliphatic hydroxyl groups excluding tert-OH is 1. The van der Waals surface area contributed by atoms with Crippen LogP contribution in [0.2, 0.25) is 0 Å². The van der Waals surface area contributed by atoms with Gasteiger partial charge < -0.3 is 15.3 Å². The van der Waals surface area contributed by atoms with Gasteiger partial charge in [0.1, 0.15) is 0 Å². The average molecular weight is 254 g/mol. The molecule has 1 aliphatic carbocycles. The van der Waals surface area contributed by atoms with E-state index >= 15 is 0 Å². The molecule has 104 valence electrons. The van der Waals surface area contributed by atoms with Crippen molar-refractivity contribution in [1.29, 1.82) is 0 Å². The molecule has 0 spiro atoms. The summed E-state index contributed by atoms with van der Waals surface area (Å²) in [6.07, 6.45) is 5.93. The van der Waals surface area contributed by atoms with Crippen LogP contribution < -0.4 is 5.32 Å². The Balaban J connectivity index is 1.78. The van der Waals surface area contributed by atoms with E-state index in [1.807, 2.05) is 4.90 Å². The second kappa shape index (κ2) is 6.53. The first-order valence-electron chi connectivity index (χ1n) is 7.41. The summed E-state index contributed by atoms with van der Waals surface area (Å²) in [5, 5.41) is 13.0. The lowest BCUT2D eigenvalue weighted by atomic mass is 9.87. The van der Waals surface area contributed by atoms with Gasteiger partial charge in [0.25, 0.3) is 0 Å². The fraction of sp³-hybridized carbons (Fsp3) is 0.929. The highest BCUT2D eigenvalue weighted by molar-refractivity contribution is 5.83. The number of nitrogens with one attached hydrogen (secondary N) is 1. The average Bonchev–Trinajstić information content (AvgIpc) is 2.69. The molecule has 2 N–H and O–H groups in total. The smallest absolute Gasteiger partial charge is 0.239 e. The van der Waals surface area contributed by atoms with E-state index in [9.17, 15) is 9.90 Å². The summed E-state index contributed by atoms with van der Waals surface area (Å²) in [7, 11) is 0. The first-order chi connectivity index (χ1) is 8.70. The molecule has 4 nitrogen and oxygen atoms in total. The number of likely N-dealkylation sites (tertiary alicyclic amines) is 1. The van der Waals surface area contributed by atoms with Gasteiger partial charge in [-0.25, -0.2) is 0 Å². The fourth-order valence-electron chi connectivity index (χ4n) is 3.17. The largest absolute Gasteiger partial charge is 0.393 e. The summed E-state index contributed by atoms with van der Waals surface area (Å²) in [5.74, 6) is 0.770. The maximum atomic E-state index is 12.2. The van der Waals surface area contributed by atoms with Crippen molar-refractivity contribution in [3.05, 3.63) is 0 Å². The van der Waals surface area contributed by atoms with Gasteiger partial charge in [0.2, 0.25) is 5.91 Å². The summed E-state index contributed by atoms with van der Waals surface area (Å²) in [6.45, 7) is 4.77. The second-order valence-electron chi connectivity index (χ2n) is 5.77. The van der Waals surface area contributed by atoms with Gasteiger partial charge in [0.15, 0.2) is 0 Å². The Labute approximate surface area is 110 Å². The predicted molar refractivity (Wildman–Crippen MR) is 71.2 cm³/mol. The molecular formula is C14H26N2O2. The van der Waals surface area contributed by atoms with Crippen LogP contribution in [0.1, 0.15) is 45.4 Å². The molecule has 1 amide bonds. The minimum atomic E-state index is -0.143. The van der Waals surface area contributed by atoms with E-state index < -0.39 is 0 Å². The molecule has 0 aromatic carbocycles. The zero-order valence-corrected chi connectivity index (χ0v) is 11.4. The van der Waals surface area contributed by atoms with Crippen molar-refractivity contribution in [3.63, 3.8) is 0 Å². The van der Waals surface area contributed by atoms with E-state index in [4.69, 9.17) is 0 Å². The van der Waals surface area contributed by atoms with Crippen LogP contribution in [0.3, 0.4) is 0 Å². The first kappa shape index (κ1) is 13.8. The lowest BCUT2D eigenvalue weighted by Gasteiger charge is -2.29. The lowest BCUT2D eigenvalue weighted by molar-refractivity contribution is -0.130. The Morgan fingerprint density at radius 2 is 2.22 bits per heavy atom. The topological polar surface area (TPSA) is 52.6 Å². The molecule has 1 saturated heterocycles. The van der Waals surface area contributed by atoms with Gasteiger partial charge in [0.05, 0.1) is 12.1 Å². The molecule has 0 aromatic rings. The highest BCUT2D eigenvalue weighted by atomic mass is 16.3. The monoisotopic (exact) mass is 254 g/mol. The molecule has 0 radical (unpaired) electrons. The SMILES string of the molecule is CCCNC1CCN(CC2CCCC(O)C2)C1=O. The number of amides is 1. The predicted octanol–water partition coefficient (Wildman–Crippen LogP) is 1.14. The number of carbonyl (C=O) groups excluding carboxylic acids is 1. The Bertz CT molecular complexity index is 283. The summed E-state index contributed by atoms with van der Waals surface area (Å²) < 4.78 is 0. The molecule has 2 aliphatic rings. The number of carbonyl (C=O) groups is 1. The van der Waals surface area contributed by atoms with E-state index in [-0.39, 0.29) is 18.1 Å². The van der Waals surface area contributed by atoms with Gasteiger partial charge in [-0.3, -0.25) is 4.79 Å². The van der Waals surface area contributed by atoms with Crippen molar-refractivity contribution in [1.82, 2.24) is 10.2 Å². The molecule has 0 aromatic heterocycles. The van der Waals surface area contributed by atoms with E-state index in [2.05, 4.69) is 12.2 Å². The number of hydrogen-bond donors (Lipinski definition) is 2. The zero-order chi connectivity index (χ0) is 13.0. The van der Waals surface area contributed by atoms with E-state index in [0.717, 1.165) is 58.2 Å². The van der Waals surface area contributed by atoms with Crippen molar-refractivity contribution < 1.29 is 9.90 Å². The van der Waals surface area contributed by atoms with Crippen molar-refractivity contribution in [2.45, 2.75) is 57.6 Å². The van der Waals surface area contributed by atoms with Crippen molar-refractivity contribution in [3.8, 4) is 0 Å². The number of rotatable bonds is 5. The van der Waals surface area contributed by atoms with Gasteiger partial charge in [-0.1, -0.05) is 13.3 Å². The van der Waals surface area contributed by atoms with Crippen molar-refractivity contribution in [2.24, 2.45) is 5.92 Å². The summed E-state index contributed by atoms with van der Waals surface area (Å²) in [5.41, 5.74) is 0. The van der Waals surface area contributed by atoms with Crippen molar-refractivity contribution in [2.75, 3.05) is 19.6 Å². The van der Waals surface area contributed by atoms with Gasteiger partial charge in [-0.15, -0.1) is 0 Å². The normalized spacial score (nSPS) is 33.1. The number of hydrogen-bond acceptors (Lipinski definition) is 3. The minimum Gasteiger partial charge on any atom is -0.393 e. The Hall–Kier alpha value is -0.610. The van der Waals surface area contributed by atoms with Crippen LogP contribution in [0.5, 0.6) is 0 Å². The molecule has 1 aliphatic heterocycles. The molecule has 18 heavy (non-hydrogen) atoms. The summed E-state index contributed by atoms with van der Waals surface area (Å²) in [6, 6.07) is 0.0402. The van der Waals surface area contributed by atoms with Crippen LogP contribution in [-0.4, -0.2) is 47.7 Å². The standard InChI is InChI=1S/C14H26N2O2/c1-2-7-15-13-6-8-16(14(13)18)10-11-4-3-5-12(17)9-11/h11-13,15,17H,2-10H2,1H3. The first-order valence-corrected chi connectivity index (χ1v) is 7.41.